The second kappa shape index (κ2) is 4.88. The van der Waals surface area contributed by atoms with Crippen molar-refractivity contribution in [2.24, 2.45) is 5.73 Å². The van der Waals surface area contributed by atoms with Gasteiger partial charge in [0.2, 0.25) is 10.0 Å². The highest BCUT2D eigenvalue weighted by Gasteiger charge is 2.16. The third-order valence-electron chi connectivity index (χ3n) is 1.84. The summed E-state index contributed by atoms with van der Waals surface area (Å²) in [5.41, 5.74) is 6.23. The predicted molar refractivity (Wildman–Crippen MR) is 58.6 cm³/mol. The van der Waals surface area contributed by atoms with Crippen LogP contribution in [0.3, 0.4) is 0 Å². The molecule has 0 saturated carbocycles. The minimum atomic E-state index is -3.17. The summed E-state index contributed by atoms with van der Waals surface area (Å²) in [6.45, 7) is 0.585. The van der Waals surface area contributed by atoms with Crippen LogP contribution in [0.4, 0.5) is 0 Å². The molecule has 4 nitrogen and oxygen atoms in total. The molecule has 6 heteroatoms. The Morgan fingerprint density at radius 1 is 1.57 bits per heavy atom. The lowest BCUT2D eigenvalue weighted by atomic mass is 10.3. The average molecular weight is 234 g/mol. The number of rotatable bonds is 5. The SMILES string of the molecule is CN(Cc1ccsc1)S(=O)(=O)CCN. The van der Waals surface area contributed by atoms with E-state index in [1.165, 1.54) is 4.31 Å². The standard InChI is InChI=1S/C8H14N2O2S2/c1-10(14(11,12)5-3-9)6-8-2-4-13-7-8/h2,4,7H,3,5-6,9H2,1H3. The Morgan fingerprint density at radius 2 is 2.29 bits per heavy atom. The first-order valence-corrected chi connectivity index (χ1v) is 6.76. The van der Waals surface area contributed by atoms with Gasteiger partial charge in [-0.1, -0.05) is 0 Å². The van der Waals surface area contributed by atoms with Crippen LogP contribution in [0.25, 0.3) is 0 Å². The van der Waals surface area contributed by atoms with Crippen molar-refractivity contribution >= 4 is 21.4 Å². The monoisotopic (exact) mass is 234 g/mol. The number of hydrogen-bond acceptors (Lipinski definition) is 4. The second-order valence-electron chi connectivity index (χ2n) is 2.99. The molecule has 14 heavy (non-hydrogen) atoms. The Balaban J connectivity index is 2.62. The third kappa shape index (κ3) is 3.06. The van der Waals surface area contributed by atoms with Gasteiger partial charge in [0, 0.05) is 20.1 Å². The van der Waals surface area contributed by atoms with Gasteiger partial charge >= 0.3 is 0 Å². The fraction of sp³-hybridized carbons (Fsp3) is 0.500. The quantitative estimate of drug-likeness (QED) is 0.805. The summed E-state index contributed by atoms with van der Waals surface area (Å²) in [5, 5.41) is 3.87. The van der Waals surface area contributed by atoms with Crippen molar-refractivity contribution in [2.45, 2.75) is 6.54 Å². The third-order valence-corrected chi connectivity index (χ3v) is 4.40. The maximum absolute atomic E-state index is 11.5. The number of nitrogens with zero attached hydrogens (tertiary/aromatic N) is 1. The van der Waals surface area contributed by atoms with Crippen LogP contribution in [-0.4, -0.2) is 32.1 Å². The number of nitrogens with two attached hydrogens (primary N) is 1. The summed E-state index contributed by atoms with van der Waals surface area (Å²) in [7, 11) is -1.60. The van der Waals surface area contributed by atoms with E-state index in [2.05, 4.69) is 0 Å². The molecule has 1 aromatic rings. The molecule has 0 unspecified atom stereocenters. The number of thiophene rings is 1. The van der Waals surface area contributed by atoms with Gasteiger partial charge in [0.15, 0.2) is 0 Å². The van der Waals surface area contributed by atoms with Crippen LogP contribution in [0.1, 0.15) is 5.56 Å². The first-order chi connectivity index (χ1) is 6.56. The maximum Gasteiger partial charge on any atom is 0.215 e. The average Bonchev–Trinajstić information content (AvgIpc) is 2.56. The topological polar surface area (TPSA) is 63.4 Å². The molecule has 2 N–H and O–H groups in total. The van der Waals surface area contributed by atoms with Crippen molar-refractivity contribution in [3.63, 3.8) is 0 Å². The molecule has 0 aromatic carbocycles. The summed E-state index contributed by atoms with van der Waals surface area (Å²) in [5.74, 6) is 0.00758. The molecule has 1 heterocycles. The lowest BCUT2D eigenvalue weighted by Gasteiger charge is -2.15. The zero-order valence-electron chi connectivity index (χ0n) is 8.01. The first-order valence-electron chi connectivity index (χ1n) is 4.21. The van der Waals surface area contributed by atoms with E-state index in [0.717, 1.165) is 5.56 Å². The van der Waals surface area contributed by atoms with Gasteiger partial charge in [0.25, 0.3) is 0 Å². The lowest BCUT2D eigenvalue weighted by Crippen LogP contribution is -2.31. The van der Waals surface area contributed by atoms with E-state index in [1.807, 2.05) is 16.8 Å². The molecule has 0 bridgehead atoms. The predicted octanol–water partition coefficient (Wildman–Crippen LogP) is 0.468. The van der Waals surface area contributed by atoms with E-state index < -0.39 is 10.0 Å². The Kier molecular flexibility index (Phi) is 4.06. The van der Waals surface area contributed by atoms with Crippen molar-refractivity contribution in [3.05, 3.63) is 22.4 Å². The molecule has 0 saturated heterocycles. The Hall–Kier alpha value is -0.430. The smallest absolute Gasteiger partial charge is 0.215 e. The zero-order chi connectivity index (χ0) is 10.6. The normalized spacial score (nSPS) is 12.2. The summed E-state index contributed by atoms with van der Waals surface area (Å²) in [6, 6.07) is 1.92. The van der Waals surface area contributed by atoms with E-state index in [-0.39, 0.29) is 12.3 Å². The van der Waals surface area contributed by atoms with Crippen LogP contribution in [0.2, 0.25) is 0 Å². The highest BCUT2D eigenvalue weighted by molar-refractivity contribution is 7.89. The van der Waals surface area contributed by atoms with Crippen molar-refractivity contribution < 1.29 is 8.42 Å². The van der Waals surface area contributed by atoms with Gasteiger partial charge in [0.1, 0.15) is 0 Å². The fourth-order valence-corrected chi connectivity index (χ4v) is 2.66. The van der Waals surface area contributed by atoms with Crippen LogP contribution < -0.4 is 5.73 Å². The van der Waals surface area contributed by atoms with E-state index in [9.17, 15) is 8.42 Å². The Bertz CT molecular complexity index is 359. The van der Waals surface area contributed by atoms with Crippen LogP contribution in [0.5, 0.6) is 0 Å². The Labute approximate surface area is 88.4 Å². The molecule has 80 valence electrons. The highest BCUT2D eigenvalue weighted by Crippen LogP contribution is 2.10. The van der Waals surface area contributed by atoms with E-state index in [1.54, 1.807) is 18.4 Å². The molecular weight excluding hydrogens is 220 g/mol. The highest BCUT2D eigenvalue weighted by atomic mass is 32.2. The molecule has 0 spiro atoms. The van der Waals surface area contributed by atoms with Gasteiger partial charge in [0.05, 0.1) is 5.75 Å². The van der Waals surface area contributed by atoms with Gasteiger partial charge in [-0.2, -0.15) is 11.3 Å². The molecule has 0 fully saturated rings. The van der Waals surface area contributed by atoms with Crippen LogP contribution >= 0.6 is 11.3 Å². The molecule has 0 atom stereocenters. The van der Waals surface area contributed by atoms with Crippen LogP contribution in [-0.2, 0) is 16.6 Å². The van der Waals surface area contributed by atoms with Gasteiger partial charge in [-0.3, -0.25) is 0 Å². The maximum atomic E-state index is 11.5. The van der Waals surface area contributed by atoms with Crippen LogP contribution in [0, 0.1) is 0 Å². The zero-order valence-corrected chi connectivity index (χ0v) is 9.64. The fourth-order valence-electron chi connectivity index (χ4n) is 1.04. The molecule has 1 aromatic heterocycles. The minimum absolute atomic E-state index is 0.00758. The van der Waals surface area contributed by atoms with Gasteiger partial charge in [-0.25, -0.2) is 12.7 Å². The van der Waals surface area contributed by atoms with Crippen LogP contribution in [0.15, 0.2) is 16.8 Å². The van der Waals surface area contributed by atoms with Gasteiger partial charge in [-0.15, -0.1) is 0 Å². The largest absolute Gasteiger partial charge is 0.329 e. The van der Waals surface area contributed by atoms with Gasteiger partial charge < -0.3 is 5.73 Å². The summed E-state index contributed by atoms with van der Waals surface area (Å²) < 4.78 is 24.3. The summed E-state index contributed by atoms with van der Waals surface area (Å²) in [4.78, 5) is 0. The lowest BCUT2D eigenvalue weighted by molar-refractivity contribution is 0.467. The second-order valence-corrected chi connectivity index (χ2v) is 5.97. The van der Waals surface area contributed by atoms with E-state index in [4.69, 9.17) is 5.73 Å². The van der Waals surface area contributed by atoms with Crippen molar-refractivity contribution in [2.75, 3.05) is 19.3 Å². The molecular formula is C8H14N2O2S2. The van der Waals surface area contributed by atoms with Crippen molar-refractivity contribution in [1.82, 2.24) is 4.31 Å². The minimum Gasteiger partial charge on any atom is -0.329 e. The Morgan fingerprint density at radius 3 is 2.79 bits per heavy atom. The van der Waals surface area contributed by atoms with Crippen molar-refractivity contribution in [1.29, 1.82) is 0 Å². The molecule has 0 radical (unpaired) electrons. The summed E-state index contributed by atoms with van der Waals surface area (Å²) >= 11 is 1.56. The van der Waals surface area contributed by atoms with Gasteiger partial charge in [-0.05, 0) is 22.4 Å². The van der Waals surface area contributed by atoms with E-state index in [0.29, 0.717) is 6.54 Å². The molecule has 0 amide bonds. The molecule has 0 aliphatic carbocycles. The first kappa shape index (κ1) is 11.6. The number of hydrogen-bond donors (Lipinski definition) is 1. The number of sulfonamides is 1. The van der Waals surface area contributed by atoms with E-state index >= 15 is 0 Å². The molecule has 0 aliphatic heterocycles. The molecule has 1 rings (SSSR count). The molecule has 0 aliphatic rings. The van der Waals surface area contributed by atoms with Crippen molar-refractivity contribution in [3.8, 4) is 0 Å². The summed E-state index contributed by atoms with van der Waals surface area (Å²) in [6.07, 6.45) is 0.